The summed E-state index contributed by atoms with van der Waals surface area (Å²) in [4.78, 5) is 15.9. The number of amides is 1. The first kappa shape index (κ1) is 17.1. The maximum absolute atomic E-state index is 11.6. The zero-order valence-corrected chi connectivity index (χ0v) is 13.8. The lowest BCUT2D eigenvalue weighted by Crippen LogP contribution is -2.39. The third-order valence-corrected chi connectivity index (χ3v) is 3.84. The van der Waals surface area contributed by atoms with Gasteiger partial charge in [0.05, 0.1) is 19.2 Å². The van der Waals surface area contributed by atoms with Crippen molar-refractivity contribution in [3.8, 4) is 0 Å². The van der Waals surface area contributed by atoms with Crippen LogP contribution in [0.15, 0.2) is 29.3 Å². The SMILES string of the molecule is CCOC(=O)NC(CN=C(N)Nc1cccc(CC)c1)C1CC1. The Labute approximate surface area is 137 Å². The molecule has 1 aromatic carbocycles. The van der Waals surface area contributed by atoms with Crippen molar-refractivity contribution >= 4 is 17.7 Å². The second kappa shape index (κ2) is 8.41. The Morgan fingerprint density at radius 3 is 2.87 bits per heavy atom. The number of guanidine groups is 1. The maximum Gasteiger partial charge on any atom is 0.407 e. The molecule has 1 aliphatic rings. The second-order valence-corrected chi connectivity index (χ2v) is 5.71. The molecular weight excluding hydrogens is 292 g/mol. The fourth-order valence-electron chi connectivity index (χ4n) is 2.39. The van der Waals surface area contributed by atoms with Crippen molar-refractivity contribution in [2.24, 2.45) is 16.6 Å². The summed E-state index contributed by atoms with van der Waals surface area (Å²) in [5.74, 6) is 0.828. The van der Waals surface area contributed by atoms with Crippen molar-refractivity contribution in [2.75, 3.05) is 18.5 Å². The van der Waals surface area contributed by atoms with Crippen LogP contribution in [0.5, 0.6) is 0 Å². The van der Waals surface area contributed by atoms with Crippen molar-refractivity contribution in [3.05, 3.63) is 29.8 Å². The molecule has 1 fully saturated rings. The fourth-order valence-corrected chi connectivity index (χ4v) is 2.39. The molecular formula is C17H26N4O2. The topological polar surface area (TPSA) is 88.7 Å². The summed E-state index contributed by atoms with van der Waals surface area (Å²) in [5, 5.41) is 5.96. The summed E-state index contributed by atoms with van der Waals surface area (Å²) in [5.41, 5.74) is 8.11. The Balaban J connectivity index is 1.89. The Morgan fingerprint density at radius 2 is 2.22 bits per heavy atom. The van der Waals surface area contributed by atoms with Crippen LogP contribution in [0, 0.1) is 5.92 Å². The third kappa shape index (κ3) is 5.81. The molecule has 0 bridgehead atoms. The Hall–Kier alpha value is -2.24. The zero-order chi connectivity index (χ0) is 16.7. The fraction of sp³-hybridized carbons (Fsp3) is 0.529. The lowest BCUT2D eigenvalue weighted by atomic mass is 10.1. The van der Waals surface area contributed by atoms with E-state index in [1.165, 1.54) is 5.56 Å². The van der Waals surface area contributed by atoms with Crippen LogP contribution in [0.2, 0.25) is 0 Å². The number of nitrogens with two attached hydrogens (primary N) is 1. The summed E-state index contributed by atoms with van der Waals surface area (Å²) in [7, 11) is 0. The number of rotatable bonds is 7. The first-order chi connectivity index (χ1) is 11.1. The third-order valence-electron chi connectivity index (χ3n) is 3.84. The van der Waals surface area contributed by atoms with Gasteiger partial charge in [0.25, 0.3) is 0 Å². The van der Waals surface area contributed by atoms with Crippen LogP contribution in [-0.2, 0) is 11.2 Å². The van der Waals surface area contributed by atoms with E-state index in [1.807, 2.05) is 12.1 Å². The van der Waals surface area contributed by atoms with E-state index >= 15 is 0 Å². The first-order valence-electron chi connectivity index (χ1n) is 8.21. The second-order valence-electron chi connectivity index (χ2n) is 5.71. The van der Waals surface area contributed by atoms with Crippen molar-refractivity contribution in [2.45, 2.75) is 39.2 Å². The van der Waals surface area contributed by atoms with Gasteiger partial charge >= 0.3 is 6.09 Å². The summed E-state index contributed by atoms with van der Waals surface area (Å²) >= 11 is 0. The minimum Gasteiger partial charge on any atom is -0.450 e. The molecule has 6 nitrogen and oxygen atoms in total. The molecule has 0 saturated heterocycles. The first-order valence-corrected chi connectivity index (χ1v) is 8.21. The molecule has 1 saturated carbocycles. The predicted molar refractivity (Wildman–Crippen MR) is 92.6 cm³/mol. The highest BCUT2D eigenvalue weighted by atomic mass is 16.5. The minimum atomic E-state index is -0.387. The van der Waals surface area contributed by atoms with Gasteiger partial charge in [-0.1, -0.05) is 19.1 Å². The standard InChI is InChI=1S/C17H26N4O2/c1-3-12-6-5-7-14(10-12)20-16(18)19-11-15(13-8-9-13)21-17(22)23-4-2/h5-7,10,13,15H,3-4,8-9,11H2,1-2H3,(H,21,22)(H3,18,19,20). The molecule has 1 unspecified atom stereocenters. The van der Waals surface area contributed by atoms with Gasteiger partial charge in [0.15, 0.2) is 5.96 Å². The summed E-state index contributed by atoms with van der Waals surface area (Å²) in [6.07, 6.45) is 2.80. The Morgan fingerprint density at radius 1 is 1.43 bits per heavy atom. The van der Waals surface area contributed by atoms with Crippen LogP contribution in [0.1, 0.15) is 32.3 Å². The average molecular weight is 318 g/mol. The van der Waals surface area contributed by atoms with Gasteiger partial charge in [-0.05, 0) is 49.8 Å². The van der Waals surface area contributed by atoms with E-state index in [4.69, 9.17) is 10.5 Å². The van der Waals surface area contributed by atoms with Crippen molar-refractivity contribution in [1.82, 2.24) is 5.32 Å². The molecule has 0 radical (unpaired) electrons. The van der Waals surface area contributed by atoms with E-state index in [9.17, 15) is 4.79 Å². The minimum absolute atomic E-state index is 0.0172. The van der Waals surface area contributed by atoms with Gasteiger partial charge in [-0.25, -0.2) is 4.79 Å². The normalized spacial score (nSPS) is 15.8. The van der Waals surface area contributed by atoms with Gasteiger partial charge < -0.3 is 21.1 Å². The van der Waals surface area contributed by atoms with E-state index in [0.29, 0.717) is 25.0 Å². The number of aryl methyl sites for hydroxylation is 1. The molecule has 23 heavy (non-hydrogen) atoms. The number of carbonyl (C=O) groups excluding carboxylic acids is 1. The van der Waals surface area contributed by atoms with E-state index in [1.54, 1.807) is 6.92 Å². The number of hydrogen-bond donors (Lipinski definition) is 3. The highest BCUT2D eigenvalue weighted by Crippen LogP contribution is 2.32. The molecule has 2 rings (SSSR count). The molecule has 0 aliphatic heterocycles. The molecule has 126 valence electrons. The number of carbonyl (C=O) groups is 1. The van der Waals surface area contributed by atoms with E-state index in [0.717, 1.165) is 24.9 Å². The predicted octanol–water partition coefficient (Wildman–Crippen LogP) is 2.50. The highest BCUT2D eigenvalue weighted by Gasteiger charge is 2.32. The van der Waals surface area contributed by atoms with Gasteiger partial charge in [0.2, 0.25) is 0 Å². The summed E-state index contributed by atoms with van der Waals surface area (Å²) in [6, 6.07) is 8.06. The number of aliphatic imine (C=N–C) groups is 1. The molecule has 0 spiro atoms. The molecule has 0 heterocycles. The highest BCUT2D eigenvalue weighted by molar-refractivity contribution is 5.92. The number of alkyl carbamates (subject to hydrolysis) is 1. The van der Waals surface area contributed by atoms with Crippen molar-refractivity contribution < 1.29 is 9.53 Å². The molecule has 1 aromatic rings. The maximum atomic E-state index is 11.6. The number of nitrogens with one attached hydrogen (secondary N) is 2. The number of nitrogens with zero attached hydrogens (tertiary/aromatic N) is 1. The van der Waals surface area contributed by atoms with Crippen LogP contribution >= 0.6 is 0 Å². The van der Waals surface area contributed by atoms with Gasteiger partial charge in [-0.15, -0.1) is 0 Å². The van der Waals surface area contributed by atoms with Gasteiger partial charge in [0.1, 0.15) is 0 Å². The Bertz CT molecular complexity index is 555. The van der Waals surface area contributed by atoms with Crippen LogP contribution in [0.4, 0.5) is 10.5 Å². The molecule has 6 heteroatoms. The van der Waals surface area contributed by atoms with E-state index in [2.05, 4.69) is 34.7 Å². The Kier molecular flexibility index (Phi) is 6.26. The zero-order valence-electron chi connectivity index (χ0n) is 13.8. The molecule has 1 atom stereocenters. The van der Waals surface area contributed by atoms with Gasteiger partial charge in [-0.3, -0.25) is 4.99 Å². The van der Waals surface area contributed by atoms with Gasteiger partial charge in [0, 0.05) is 5.69 Å². The summed E-state index contributed by atoms with van der Waals surface area (Å²) < 4.78 is 4.93. The number of ether oxygens (including phenoxy) is 1. The van der Waals surface area contributed by atoms with E-state index < -0.39 is 0 Å². The van der Waals surface area contributed by atoms with E-state index in [-0.39, 0.29) is 12.1 Å². The van der Waals surface area contributed by atoms with Crippen LogP contribution in [-0.4, -0.2) is 31.2 Å². The van der Waals surface area contributed by atoms with Crippen LogP contribution in [0.25, 0.3) is 0 Å². The number of anilines is 1. The number of benzene rings is 1. The monoisotopic (exact) mass is 318 g/mol. The quantitative estimate of drug-likeness (QED) is 0.532. The van der Waals surface area contributed by atoms with Gasteiger partial charge in [-0.2, -0.15) is 0 Å². The largest absolute Gasteiger partial charge is 0.450 e. The number of hydrogen-bond acceptors (Lipinski definition) is 3. The molecule has 4 N–H and O–H groups in total. The lowest BCUT2D eigenvalue weighted by molar-refractivity contribution is 0.147. The smallest absolute Gasteiger partial charge is 0.407 e. The van der Waals surface area contributed by atoms with Crippen LogP contribution in [0.3, 0.4) is 0 Å². The molecule has 1 amide bonds. The molecule has 0 aromatic heterocycles. The van der Waals surface area contributed by atoms with Crippen molar-refractivity contribution in [3.63, 3.8) is 0 Å². The van der Waals surface area contributed by atoms with Crippen molar-refractivity contribution in [1.29, 1.82) is 0 Å². The lowest BCUT2D eigenvalue weighted by Gasteiger charge is -2.16. The molecule has 1 aliphatic carbocycles. The van der Waals surface area contributed by atoms with Crippen LogP contribution < -0.4 is 16.4 Å². The summed E-state index contributed by atoms with van der Waals surface area (Å²) in [6.45, 7) is 4.72. The average Bonchev–Trinajstić information content (AvgIpc) is 3.36.